The third-order valence-corrected chi connectivity index (χ3v) is 13.6. The van der Waals surface area contributed by atoms with Gasteiger partial charge in [0.1, 0.15) is 27.4 Å². The number of thioether (sulfide) groups is 2. The molecule has 0 saturated carbocycles. The Morgan fingerprint density at radius 2 is 1.91 bits per heavy atom. The van der Waals surface area contributed by atoms with Crippen molar-refractivity contribution in [3.05, 3.63) is 59.8 Å². The predicted molar refractivity (Wildman–Crippen MR) is 197 cm³/mol. The summed E-state index contributed by atoms with van der Waals surface area (Å²) in [6.45, 7) is 14.1. The Morgan fingerprint density at radius 3 is 2.61 bits per heavy atom. The smallest absolute Gasteiger partial charge is 0.309 e. The van der Waals surface area contributed by atoms with E-state index in [0.29, 0.717) is 32.0 Å². The maximum Gasteiger partial charge on any atom is 0.309 e. The summed E-state index contributed by atoms with van der Waals surface area (Å²) in [4.78, 5) is 17.6. The first-order valence-electron chi connectivity index (χ1n) is 15.8. The van der Waals surface area contributed by atoms with Crippen LogP contribution in [-0.4, -0.2) is 74.0 Å². The van der Waals surface area contributed by atoms with E-state index in [4.69, 9.17) is 31.2 Å². The second kappa shape index (κ2) is 17.7. The first kappa shape index (κ1) is 38.0. The van der Waals surface area contributed by atoms with Crippen molar-refractivity contribution in [2.45, 2.75) is 94.7 Å². The van der Waals surface area contributed by atoms with E-state index in [1.54, 1.807) is 51.3 Å². The molecule has 1 aromatic carbocycles. The molecule has 2 saturated heterocycles. The van der Waals surface area contributed by atoms with Gasteiger partial charge in [-0.1, -0.05) is 81.0 Å². The molecule has 7 nitrogen and oxygen atoms in total. The number of rotatable bonds is 14. The number of esters is 1. The van der Waals surface area contributed by atoms with Crippen LogP contribution in [0.3, 0.4) is 0 Å². The number of carbonyl (C=O) groups excluding carboxylic acids is 1. The summed E-state index contributed by atoms with van der Waals surface area (Å²) in [6, 6.07) is 14.2. The molecular weight excluding hydrogens is 679 g/mol. The fraction of sp³-hybridized carbons (Fsp3) is 0.618. The summed E-state index contributed by atoms with van der Waals surface area (Å²) >= 11 is 9.17. The molecule has 2 fully saturated rings. The highest BCUT2D eigenvalue weighted by Crippen LogP contribution is 2.49. The van der Waals surface area contributed by atoms with Crippen molar-refractivity contribution < 1.29 is 28.8 Å². The van der Waals surface area contributed by atoms with Crippen molar-refractivity contribution >= 4 is 66.8 Å². The average molecular weight is 726 g/mol. The van der Waals surface area contributed by atoms with Gasteiger partial charge in [0.15, 0.2) is 6.29 Å². The highest BCUT2D eigenvalue weighted by molar-refractivity contribution is 8.76. The summed E-state index contributed by atoms with van der Waals surface area (Å²) in [7, 11) is 3.21. The molecule has 46 heavy (non-hydrogen) atoms. The standard InChI is InChI=1S/C34H47NO6S5/c1-7-43-32(42)45-34(5,6)25(20-33(3,4)22(2)30(37)39-18-19-44-46-28-10-8-9-16-35-28)23-11-13-24(14-12-23)31-40-21-27-29(41-31)26(36)15-17-38-27/h8-14,16,22,25-27,29,31,36H,7,15,17-21H2,1-6H3/t22?,25?,26-,27-,29+,31?/m1/s1. The Kier molecular flexibility index (Phi) is 14.6. The number of hydrogen-bond donors (Lipinski definition) is 1. The Labute approximate surface area is 296 Å². The first-order valence-corrected chi connectivity index (χ1v) is 20.3. The number of nitrogens with zero attached hydrogens (tertiary/aromatic N) is 1. The van der Waals surface area contributed by atoms with Gasteiger partial charge in [-0.25, -0.2) is 4.98 Å². The number of ether oxygens (including phenoxy) is 4. The maximum absolute atomic E-state index is 13.3. The monoisotopic (exact) mass is 725 g/mol. The largest absolute Gasteiger partial charge is 0.465 e. The second-order valence-corrected chi connectivity index (χ2v) is 19.4. The van der Waals surface area contributed by atoms with Gasteiger partial charge < -0.3 is 24.1 Å². The number of thiocarbonyl (C=S) groups is 1. The molecule has 1 N–H and O–H groups in total. The van der Waals surface area contributed by atoms with E-state index in [0.717, 1.165) is 31.9 Å². The zero-order valence-electron chi connectivity index (χ0n) is 27.5. The zero-order valence-corrected chi connectivity index (χ0v) is 31.6. The van der Waals surface area contributed by atoms with Crippen LogP contribution in [0, 0.1) is 11.3 Å². The summed E-state index contributed by atoms with van der Waals surface area (Å²) in [5.41, 5.74) is 1.71. The Hall–Kier alpha value is -0.830. The van der Waals surface area contributed by atoms with Crippen molar-refractivity contribution in [1.29, 1.82) is 0 Å². The molecule has 0 aliphatic carbocycles. The molecule has 4 rings (SSSR count). The first-order chi connectivity index (χ1) is 21.9. The quantitative estimate of drug-likeness (QED) is 0.0880. The van der Waals surface area contributed by atoms with E-state index in [1.807, 2.05) is 25.1 Å². The molecule has 6 atom stereocenters. The number of pyridine rings is 1. The number of carbonyl (C=O) groups is 1. The van der Waals surface area contributed by atoms with Crippen molar-refractivity contribution in [3.63, 3.8) is 0 Å². The number of benzene rings is 1. The molecule has 2 aliphatic heterocycles. The third-order valence-electron chi connectivity index (χ3n) is 8.69. The van der Waals surface area contributed by atoms with Crippen LogP contribution in [0.15, 0.2) is 53.7 Å². The molecule has 0 spiro atoms. The molecule has 3 unspecified atom stereocenters. The lowest BCUT2D eigenvalue weighted by atomic mass is 9.69. The molecule has 254 valence electrons. The van der Waals surface area contributed by atoms with E-state index >= 15 is 0 Å². The number of aliphatic hydroxyl groups is 1. The highest BCUT2D eigenvalue weighted by atomic mass is 33.1. The van der Waals surface area contributed by atoms with Crippen LogP contribution in [0.2, 0.25) is 0 Å². The van der Waals surface area contributed by atoms with Crippen LogP contribution in [0.25, 0.3) is 0 Å². The van der Waals surface area contributed by atoms with Gasteiger partial charge in [0.05, 0.1) is 18.6 Å². The lowest BCUT2D eigenvalue weighted by Gasteiger charge is -2.42. The van der Waals surface area contributed by atoms with E-state index in [9.17, 15) is 9.90 Å². The fourth-order valence-electron chi connectivity index (χ4n) is 5.61. The van der Waals surface area contributed by atoms with Crippen molar-refractivity contribution in [1.82, 2.24) is 4.98 Å². The Bertz CT molecular complexity index is 1260. The molecule has 2 aromatic rings. The minimum absolute atomic E-state index is 0.0867. The predicted octanol–water partition coefficient (Wildman–Crippen LogP) is 8.31. The van der Waals surface area contributed by atoms with Crippen LogP contribution in [-0.2, 0) is 23.7 Å². The topological polar surface area (TPSA) is 87.1 Å². The fourth-order valence-corrected chi connectivity index (χ4v) is 10.6. The molecule has 0 radical (unpaired) electrons. The number of hydrogen-bond acceptors (Lipinski definition) is 12. The minimum atomic E-state index is -0.562. The van der Waals surface area contributed by atoms with Crippen molar-refractivity contribution in [2.75, 3.05) is 31.3 Å². The molecule has 12 heteroatoms. The van der Waals surface area contributed by atoms with Crippen LogP contribution in [0.1, 0.15) is 77.7 Å². The van der Waals surface area contributed by atoms with E-state index in [2.05, 4.69) is 63.9 Å². The van der Waals surface area contributed by atoms with Crippen LogP contribution >= 0.6 is 57.3 Å². The number of aliphatic hydroxyl groups excluding tert-OH is 1. The number of fused-ring (bicyclic) bond motifs is 1. The summed E-state index contributed by atoms with van der Waals surface area (Å²) < 4.78 is 24.3. The van der Waals surface area contributed by atoms with Gasteiger partial charge in [-0.15, -0.1) is 23.5 Å². The van der Waals surface area contributed by atoms with Gasteiger partial charge in [-0.05, 0) is 72.3 Å². The normalized spacial score (nSPS) is 23.3. The van der Waals surface area contributed by atoms with Gasteiger partial charge in [-0.2, -0.15) is 0 Å². The Balaban J connectivity index is 1.43. The molecule has 2 aliphatic rings. The zero-order chi connectivity index (χ0) is 33.3. The Morgan fingerprint density at radius 1 is 1.15 bits per heavy atom. The summed E-state index contributed by atoms with van der Waals surface area (Å²) in [6.07, 6.45) is 1.33. The van der Waals surface area contributed by atoms with E-state index in [-0.39, 0.29) is 34.1 Å². The van der Waals surface area contributed by atoms with E-state index in [1.165, 1.54) is 0 Å². The van der Waals surface area contributed by atoms with Gasteiger partial charge in [0.2, 0.25) is 0 Å². The van der Waals surface area contributed by atoms with Crippen LogP contribution in [0.5, 0.6) is 0 Å². The maximum atomic E-state index is 13.3. The lowest BCUT2D eigenvalue weighted by Crippen LogP contribution is -2.52. The minimum Gasteiger partial charge on any atom is -0.465 e. The molecule has 0 bridgehead atoms. The summed E-state index contributed by atoms with van der Waals surface area (Å²) in [5, 5.41) is 11.4. The second-order valence-electron chi connectivity index (χ2n) is 12.8. The van der Waals surface area contributed by atoms with Crippen LogP contribution < -0.4 is 0 Å². The molecule has 1 aromatic heterocycles. The molecular formula is C34H47NO6S5. The summed E-state index contributed by atoms with van der Waals surface area (Å²) in [5.74, 6) is 1.22. The van der Waals surface area contributed by atoms with Gasteiger partial charge >= 0.3 is 5.97 Å². The van der Waals surface area contributed by atoms with Gasteiger partial charge in [-0.3, -0.25) is 4.79 Å². The molecule has 0 amide bonds. The van der Waals surface area contributed by atoms with E-state index < -0.39 is 18.5 Å². The van der Waals surface area contributed by atoms with Gasteiger partial charge in [0.25, 0.3) is 0 Å². The SMILES string of the molecule is CCSC(=S)SC(C)(C)C(CC(C)(C)C(C)C(=O)OCCSSc1ccccn1)c1ccc(C2OC[C@H]3OCC[C@@H](O)[C@@H]3O2)cc1. The number of aromatic nitrogens is 1. The molecule has 3 heterocycles. The average Bonchev–Trinajstić information content (AvgIpc) is 3.03. The highest BCUT2D eigenvalue weighted by Gasteiger charge is 2.43. The lowest BCUT2D eigenvalue weighted by molar-refractivity contribution is -0.298. The van der Waals surface area contributed by atoms with Gasteiger partial charge in [0, 0.05) is 28.9 Å². The van der Waals surface area contributed by atoms with Crippen LogP contribution in [0.4, 0.5) is 0 Å². The van der Waals surface area contributed by atoms with Crippen molar-refractivity contribution in [2.24, 2.45) is 11.3 Å². The third kappa shape index (κ3) is 10.6. The van der Waals surface area contributed by atoms with Crippen molar-refractivity contribution in [3.8, 4) is 0 Å².